The lowest BCUT2D eigenvalue weighted by Crippen LogP contribution is -2.49. The number of amides is 1. The molecule has 6 nitrogen and oxygen atoms in total. The molecule has 1 aromatic carbocycles. The Morgan fingerprint density at radius 3 is 2.46 bits per heavy atom. The molecule has 4 rings (SSSR count). The van der Waals surface area contributed by atoms with Crippen LogP contribution in [0.1, 0.15) is 22.3 Å². The highest BCUT2D eigenvalue weighted by molar-refractivity contribution is 5.97. The number of halogens is 2. The van der Waals surface area contributed by atoms with E-state index in [1.165, 1.54) is 5.56 Å². The third kappa shape index (κ3) is 4.02. The van der Waals surface area contributed by atoms with E-state index in [9.17, 15) is 4.79 Å². The first-order chi connectivity index (χ1) is 11.8. The number of hydrogen-bond acceptors (Lipinski definition) is 5. The standard InChI is InChI=1S/C18H21N5O.2ClH/c24-17(15-4-1-6-16-14(15)5-2-7-19-16)22-10-12-23(13-11-22)18-20-8-3-9-21-18;;/h1,3-4,6,8-9,19H,2,5,7,10-13H2;2*1H. The number of rotatable bonds is 2. The smallest absolute Gasteiger partial charge is 0.254 e. The average Bonchev–Trinajstić information content (AvgIpc) is 2.68. The predicted octanol–water partition coefficient (Wildman–Crippen LogP) is 2.64. The normalized spacial score (nSPS) is 15.8. The lowest BCUT2D eigenvalue weighted by atomic mass is 9.96. The van der Waals surface area contributed by atoms with Crippen molar-refractivity contribution in [3.63, 3.8) is 0 Å². The molecule has 0 bridgehead atoms. The topological polar surface area (TPSA) is 61.4 Å². The summed E-state index contributed by atoms with van der Waals surface area (Å²) in [7, 11) is 0. The van der Waals surface area contributed by atoms with E-state index in [2.05, 4.69) is 26.3 Å². The molecule has 2 aliphatic heterocycles. The highest BCUT2D eigenvalue weighted by Gasteiger charge is 2.26. The monoisotopic (exact) mass is 395 g/mol. The highest BCUT2D eigenvalue weighted by atomic mass is 35.5. The van der Waals surface area contributed by atoms with E-state index in [4.69, 9.17) is 0 Å². The van der Waals surface area contributed by atoms with E-state index in [1.54, 1.807) is 12.4 Å². The van der Waals surface area contributed by atoms with Crippen molar-refractivity contribution in [2.24, 2.45) is 0 Å². The van der Waals surface area contributed by atoms with Gasteiger partial charge in [-0.15, -0.1) is 24.8 Å². The zero-order valence-electron chi connectivity index (χ0n) is 14.4. The Bertz CT molecular complexity index is 736. The Morgan fingerprint density at radius 2 is 1.73 bits per heavy atom. The van der Waals surface area contributed by atoms with Crippen LogP contribution in [-0.4, -0.2) is 53.5 Å². The molecule has 1 fully saturated rings. The van der Waals surface area contributed by atoms with Gasteiger partial charge in [-0.25, -0.2) is 9.97 Å². The number of hydrogen-bond donors (Lipinski definition) is 1. The first kappa shape index (κ1) is 20.3. The molecular formula is C18H23Cl2N5O. The summed E-state index contributed by atoms with van der Waals surface area (Å²) in [5.41, 5.74) is 3.13. The van der Waals surface area contributed by atoms with E-state index < -0.39 is 0 Å². The highest BCUT2D eigenvalue weighted by Crippen LogP contribution is 2.26. The fourth-order valence-corrected chi connectivity index (χ4v) is 3.44. The third-order valence-corrected chi connectivity index (χ3v) is 4.73. The van der Waals surface area contributed by atoms with Crippen LogP contribution in [-0.2, 0) is 6.42 Å². The van der Waals surface area contributed by atoms with Gasteiger partial charge in [-0.05, 0) is 36.6 Å². The molecule has 0 saturated carbocycles. The summed E-state index contributed by atoms with van der Waals surface area (Å²) in [6, 6.07) is 7.81. The van der Waals surface area contributed by atoms with Gasteiger partial charge in [-0.3, -0.25) is 4.79 Å². The maximum atomic E-state index is 13.0. The molecular weight excluding hydrogens is 373 g/mol. The minimum atomic E-state index is 0. The molecule has 0 spiro atoms. The fraction of sp³-hybridized carbons (Fsp3) is 0.389. The largest absolute Gasteiger partial charge is 0.385 e. The van der Waals surface area contributed by atoms with Gasteiger partial charge in [0.1, 0.15) is 0 Å². The summed E-state index contributed by atoms with van der Waals surface area (Å²) in [5.74, 6) is 0.884. The van der Waals surface area contributed by atoms with E-state index in [-0.39, 0.29) is 30.7 Å². The molecule has 0 unspecified atom stereocenters. The average molecular weight is 396 g/mol. The van der Waals surface area contributed by atoms with Gasteiger partial charge in [-0.1, -0.05) is 6.07 Å². The SMILES string of the molecule is Cl.Cl.O=C(c1cccc2c1CCCN2)N1CCN(c2ncccn2)CC1. The number of nitrogens with one attached hydrogen (secondary N) is 1. The summed E-state index contributed by atoms with van der Waals surface area (Å²) < 4.78 is 0. The zero-order valence-corrected chi connectivity index (χ0v) is 16.1. The second kappa shape index (κ2) is 9.05. The Labute approximate surface area is 165 Å². The summed E-state index contributed by atoms with van der Waals surface area (Å²) in [6.45, 7) is 3.93. The molecule has 2 aliphatic rings. The van der Waals surface area contributed by atoms with Crippen molar-refractivity contribution in [2.45, 2.75) is 12.8 Å². The molecule has 3 heterocycles. The second-order valence-corrected chi connectivity index (χ2v) is 6.19. The first-order valence-electron chi connectivity index (χ1n) is 8.50. The van der Waals surface area contributed by atoms with Crippen molar-refractivity contribution >= 4 is 42.4 Å². The molecule has 1 N–H and O–H groups in total. The van der Waals surface area contributed by atoms with Crippen LogP contribution in [0.25, 0.3) is 0 Å². The van der Waals surface area contributed by atoms with Crippen molar-refractivity contribution in [3.8, 4) is 0 Å². The molecule has 26 heavy (non-hydrogen) atoms. The van der Waals surface area contributed by atoms with E-state index in [1.807, 2.05) is 23.1 Å². The summed E-state index contributed by atoms with van der Waals surface area (Å²) >= 11 is 0. The minimum Gasteiger partial charge on any atom is -0.385 e. The molecule has 1 saturated heterocycles. The van der Waals surface area contributed by atoms with Crippen molar-refractivity contribution in [2.75, 3.05) is 42.9 Å². The Kier molecular flexibility index (Phi) is 7.06. The molecule has 140 valence electrons. The molecule has 0 atom stereocenters. The van der Waals surface area contributed by atoms with Crippen molar-refractivity contribution in [1.82, 2.24) is 14.9 Å². The maximum Gasteiger partial charge on any atom is 0.254 e. The molecule has 8 heteroatoms. The van der Waals surface area contributed by atoms with Crippen molar-refractivity contribution in [1.29, 1.82) is 0 Å². The van der Waals surface area contributed by atoms with Crippen LogP contribution in [0, 0.1) is 0 Å². The Hall–Kier alpha value is -2.05. The lowest BCUT2D eigenvalue weighted by Gasteiger charge is -2.35. The van der Waals surface area contributed by atoms with Crippen LogP contribution in [0.2, 0.25) is 0 Å². The molecule has 0 radical (unpaired) electrons. The van der Waals surface area contributed by atoms with Gasteiger partial charge in [0.15, 0.2) is 0 Å². The summed E-state index contributed by atoms with van der Waals surface area (Å²) in [4.78, 5) is 25.6. The molecule has 1 aromatic heterocycles. The van der Waals surface area contributed by atoms with Crippen LogP contribution in [0.15, 0.2) is 36.7 Å². The number of benzene rings is 1. The minimum absolute atomic E-state index is 0. The van der Waals surface area contributed by atoms with Gasteiger partial charge in [0.25, 0.3) is 5.91 Å². The molecule has 0 aliphatic carbocycles. The number of piperazine rings is 1. The Morgan fingerprint density at radius 1 is 1.00 bits per heavy atom. The van der Waals surface area contributed by atoms with Crippen molar-refractivity contribution in [3.05, 3.63) is 47.8 Å². The molecule has 1 amide bonds. The quantitative estimate of drug-likeness (QED) is 0.846. The number of carbonyl (C=O) groups excluding carboxylic acids is 1. The Balaban J connectivity index is 0.00000121. The van der Waals surface area contributed by atoms with Crippen molar-refractivity contribution < 1.29 is 4.79 Å². The second-order valence-electron chi connectivity index (χ2n) is 6.19. The zero-order chi connectivity index (χ0) is 16.4. The number of anilines is 2. The number of aromatic nitrogens is 2. The van der Waals surface area contributed by atoms with Crippen LogP contribution in [0.5, 0.6) is 0 Å². The fourth-order valence-electron chi connectivity index (χ4n) is 3.44. The van der Waals surface area contributed by atoms with Gasteiger partial charge in [-0.2, -0.15) is 0 Å². The number of fused-ring (bicyclic) bond motifs is 1. The van der Waals surface area contributed by atoms with Gasteiger partial charge in [0, 0.05) is 56.4 Å². The number of nitrogens with zero attached hydrogens (tertiary/aromatic N) is 4. The van der Waals surface area contributed by atoms with Crippen LogP contribution in [0.4, 0.5) is 11.6 Å². The predicted molar refractivity (Wildman–Crippen MR) is 108 cm³/mol. The van der Waals surface area contributed by atoms with Crippen LogP contribution >= 0.6 is 24.8 Å². The van der Waals surface area contributed by atoms with Gasteiger partial charge in [0.2, 0.25) is 5.95 Å². The maximum absolute atomic E-state index is 13.0. The molecule has 2 aromatic rings. The van der Waals surface area contributed by atoms with Gasteiger partial charge in [0.05, 0.1) is 0 Å². The van der Waals surface area contributed by atoms with Crippen LogP contribution < -0.4 is 10.2 Å². The van der Waals surface area contributed by atoms with Gasteiger partial charge < -0.3 is 15.1 Å². The first-order valence-corrected chi connectivity index (χ1v) is 8.50. The van der Waals surface area contributed by atoms with E-state index in [0.717, 1.165) is 49.7 Å². The summed E-state index contributed by atoms with van der Waals surface area (Å²) in [5, 5.41) is 3.39. The van der Waals surface area contributed by atoms with E-state index >= 15 is 0 Å². The van der Waals surface area contributed by atoms with E-state index in [0.29, 0.717) is 13.1 Å². The summed E-state index contributed by atoms with van der Waals surface area (Å²) in [6.07, 6.45) is 5.56. The third-order valence-electron chi connectivity index (χ3n) is 4.73. The van der Waals surface area contributed by atoms with Gasteiger partial charge >= 0.3 is 0 Å². The number of carbonyl (C=O) groups is 1. The van der Waals surface area contributed by atoms with Crippen LogP contribution in [0.3, 0.4) is 0 Å². The lowest BCUT2D eigenvalue weighted by molar-refractivity contribution is 0.0745.